The number of carbonyl (C=O) groups excluding carboxylic acids is 1. The molecule has 1 aliphatic rings. The molecule has 0 radical (unpaired) electrons. The van der Waals surface area contributed by atoms with Crippen molar-refractivity contribution in [2.45, 2.75) is 59.0 Å². The molecule has 3 heteroatoms. The maximum atomic E-state index is 11.6. The third-order valence-corrected chi connectivity index (χ3v) is 4.09. The van der Waals surface area contributed by atoms with Gasteiger partial charge in [-0.15, -0.1) is 0 Å². The summed E-state index contributed by atoms with van der Waals surface area (Å²) in [5, 5.41) is 3.58. The Bertz CT molecular complexity index is 238. The molecule has 4 unspecified atom stereocenters. The lowest BCUT2D eigenvalue weighted by atomic mass is 9.73. The quantitative estimate of drug-likeness (QED) is 0.769. The van der Waals surface area contributed by atoms with Gasteiger partial charge in [-0.25, -0.2) is 0 Å². The van der Waals surface area contributed by atoms with Gasteiger partial charge in [0.2, 0.25) is 5.91 Å². The Hall–Kier alpha value is -0.570. The zero-order valence-electron chi connectivity index (χ0n) is 11.0. The Morgan fingerprint density at radius 3 is 2.38 bits per heavy atom. The van der Waals surface area contributed by atoms with Crippen LogP contribution in [0.15, 0.2) is 0 Å². The fraction of sp³-hybridized carbons (Fsp3) is 0.923. The highest BCUT2D eigenvalue weighted by atomic mass is 16.1. The molecule has 0 aromatic rings. The largest absolute Gasteiger partial charge is 0.369 e. The van der Waals surface area contributed by atoms with Crippen LogP contribution in [0.25, 0.3) is 0 Å². The fourth-order valence-electron chi connectivity index (χ4n) is 3.24. The van der Waals surface area contributed by atoms with Gasteiger partial charge < -0.3 is 11.1 Å². The summed E-state index contributed by atoms with van der Waals surface area (Å²) in [6.07, 6.45) is 3.26. The van der Waals surface area contributed by atoms with E-state index < -0.39 is 0 Å². The van der Waals surface area contributed by atoms with Crippen LogP contribution in [0.3, 0.4) is 0 Å². The van der Waals surface area contributed by atoms with Gasteiger partial charge in [0, 0.05) is 12.1 Å². The van der Waals surface area contributed by atoms with Gasteiger partial charge in [0.25, 0.3) is 0 Å². The normalized spacial score (nSPS) is 35.3. The number of amides is 1. The van der Waals surface area contributed by atoms with Crippen LogP contribution in [-0.4, -0.2) is 18.0 Å². The van der Waals surface area contributed by atoms with Gasteiger partial charge in [0.05, 0.1) is 5.92 Å². The molecule has 1 amide bonds. The van der Waals surface area contributed by atoms with Crippen LogP contribution >= 0.6 is 0 Å². The van der Waals surface area contributed by atoms with E-state index in [2.05, 4.69) is 33.0 Å². The second-order valence-corrected chi connectivity index (χ2v) is 5.31. The van der Waals surface area contributed by atoms with Crippen LogP contribution < -0.4 is 11.1 Å². The zero-order valence-corrected chi connectivity index (χ0v) is 11.0. The highest BCUT2D eigenvalue weighted by Crippen LogP contribution is 2.32. The average Bonchev–Trinajstić information content (AvgIpc) is 2.17. The third-order valence-electron chi connectivity index (χ3n) is 4.09. The highest BCUT2D eigenvalue weighted by molar-refractivity contribution is 5.78. The minimum absolute atomic E-state index is 0.00102. The van der Waals surface area contributed by atoms with Gasteiger partial charge in [-0.1, -0.05) is 33.6 Å². The summed E-state index contributed by atoms with van der Waals surface area (Å²) in [6, 6.07) is 0.766. The summed E-state index contributed by atoms with van der Waals surface area (Å²) in [5.74, 6) is 0.826. The Kier molecular flexibility index (Phi) is 4.78. The van der Waals surface area contributed by atoms with Gasteiger partial charge in [0.1, 0.15) is 0 Å². The molecule has 1 rings (SSSR count). The van der Waals surface area contributed by atoms with Crippen molar-refractivity contribution < 1.29 is 4.79 Å². The maximum absolute atomic E-state index is 11.6. The number of nitrogens with two attached hydrogens (primary N) is 1. The van der Waals surface area contributed by atoms with Crippen molar-refractivity contribution in [2.24, 2.45) is 23.5 Å². The van der Waals surface area contributed by atoms with Gasteiger partial charge in [-0.05, 0) is 25.2 Å². The van der Waals surface area contributed by atoms with Crippen molar-refractivity contribution in [2.75, 3.05) is 0 Å². The third kappa shape index (κ3) is 2.76. The van der Waals surface area contributed by atoms with Crippen molar-refractivity contribution in [1.82, 2.24) is 5.32 Å². The first-order valence-electron chi connectivity index (χ1n) is 6.56. The number of hydrogen-bond acceptors (Lipinski definition) is 2. The summed E-state index contributed by atoms with van der Waals surface area (Å²) in [4.78, 5) is 11.6. The van der Waals surface area contributed by atoms with E-state index in [4.69, 9.17) is 5.73 Å². The molecule has 1 saturated heterocycles. The van der Waals surface area contributed by atoms with E-state index in [1.165, 1.54) is 0 Å². The Balaban J connectivity index is 2.86. The maximum Gasteiger partial charge on any atom is 0.222 e. The summed E-state index contributed by atoms with van der Waals surface area (Å²) >= 11 is 0. The molecule has 3 nitrogen and oxygen atoms in total. The van der Waals surface area contributed by atoms with Crippen LogP contribution in [0.2, 0.25) is 0 Å². The van der Waals surface area contributed by atoms with E-state index in [0.717, 1.165) is 19.3 Å². The van der Waals surface area contributed by atoms with Crippen LogP contribution in [0.4, 0.5) is 0 Å². The molecule has 0 aromatic heterocycles. The number of hydrogen-bond donors (Lipinski definition) is 2. The molecule has 0 bridgehead atoms. The number of piperidine rings is 1. The number of rotatable bonds is 4. The second-order valence-electron chi connectivity index (χ2n) is 5.31. The summed E-state index contributed by atoms with van der Waals surface area (Å²) in [5.41, 5.74) is 5.56. The highest BCUT2D eigenvalue weighted by Gasteiger charge is 2.39. The second kappa shape index (κ2) is 5.67. The first kappa shape index (κ1) is 13.5. The Labute approximate surface area is 99.2 Å². The molecular formula is C13H26N2O. The summed E-state index contributed by atoms with van der Waals surface area (Å²) in [7, 11) is 0. The van der Waals surface area contributed by atoms with E-state index in [-0.39, 0.29) is 17.9 Å². The first-order chi connectivity index (χ1) is 7.51. The molecule has 1 fully saturated rings. The molecule has 4 atom stereocenters. The number of carbonyl (C=O) groups is 1. The molecule has 0 aliphatic carbocycles. The minimum atomic E-state index is -0.135. The van der Waals surface area contributed by atoms with Crippen LogP contribution in [0.5, 0.6) is 0 Å². The minimum Gasteiger partial charge on any atom is -0.369 e. The van der Waals surface area contributed by atoms with Gasteiger partial charge in [-0.3, -0.25) is 4.79 Å². The topological polar surface area (TPSA) is 55.1 Å². The van der Waals surface area contributed by atoms with Gasteiger partial charge in [-0.2, -0.15) is 0 Å². The van der Waals surface area contributed by atoms with E-state index in [1.54, 1.807) is 0 Å². The molecule has 1 aliphatic heterocycles. The smallest absolute Gasteiger partial charge is 0.222 e. The molecule has 3 N–H and O–H groups in total. The predicted octanol–water partition coefficient (Wildman–Crippen LogP) is 1.91. The van der Waals surface area contributed by atoms with Crippen LogP contribution in [-0.2, 0) is 4.79 Å². The molecule has 1 heterocycles. The SMILES string of the molecule is CCC(CC)C1NC(C)CC(C)C1C(N)=O. The van der Waals surface area contributed by atoms with E-state index in [9.17, 15) is 4.79 Å². The summed E-state index contributed by atoms with van der Waals surface area (Å²) in [6.45, 7) is 8.74. The average molecular weight is 226 g/mol. The number of nitrogens with one attached hydrogen (secondary N) is 1. The Morgan fingerprint density at radius 2 is 1.94 bits per heavy atom. The van der Waals surface area contributed by atoms with Crippen LogP contribution in [0.1, 0.15) is 47.0 Å². The van der Waals surface area contributed by atoms with E-state index >= 15 is 0 Å². The Morgan fingerprint density at radius 1 is 1.38 bits per heavy atom. The lowest BCUT2D eigenvalue weighted by Gasteiger charge is -2.42. The van der Waals surface area contributed by atoms with Crippen molar-refractivity contribution in [1.29, 1.82) is 0 Å². The zero-order chi connectivity index (χ0) is 12.3. The molecule has 16 heavy (non-hydrogen) atoms. The summed E-state index contributed by atoms with van der Waals surface area (Å²) < 4.78 is 0. The molecule has 0 saturated carbocycles. The van der Waals surface area contributed by atoms with Crippen molar-refractivity contribution in [3.8, 4) is 0 Å². The molecule has 0 aromatic carbocycles. The number of primary amides is 1. The van der Waals surface area contributed by atoms with E-state index in [1.807, 2.05) is 0 Å². The van der Waals surface area contributed by atoms with E-state index in [0.29, 0.717) is 17.9 Å². The van der Waals surface area contributed by atoms with Gasteiger partial charge in [0.15, 0.2) is 0 Å². The van der Waals surface area contributed by atoms with Crippen molar-refractivity contribution >= 4 is 5.91 Å². The monoisotopic (exact) mass is 226 g/mol. The van der Waals surface area contributed by atoms with Crippen molar-refractivity contribution in [3.63, 3.8) is 0 Å². The molecule has 0 spiro atoms. The molecule has 94 valence electrons. The standard InChI is InChI=1S/C13H26N2O/c1-5-10(6-2)12-11(13(14)16)8(3)7-9(4)15-12/h8-12,15H,5-7H2,1-4H3,(H2,14,16). The predicted molar refractivity (Wildman–Crippen MR) is 66.9 cm³/mol. The molecular weight excluding hydrogens is 200 g/mol. The first-order valence-corrected chi connectivity index (χ1v) is 6.56. The fourth-order valence-corrected chi connectivity index (χ4v) is 3.24. The van der Waals surface area contributed by atoms with Gasteiger partial charge >= 0.3 is 0 Å². The van der Waals surface area contributed by atoms with Crippen molar-refractivity contribution in [3.05, 3.63) is 0 Å². The lowest BCUT2D eigenvalue weighted by molar-refractivity contribution is -0.126. The van der Waals surface area contributed by atoms with Crippen LogP contribution in [0, 0.1) is 17.8 Å². The lowest BCUT2D eigenvalue weighted by Crippen LogP contribution is -2.57.